The van der Waals surface area contributed by atoms with Gasteiger partial charge in [0.25, 0.3) is 0 Å². The molecule has 0 aliphatic heterocycles. The summed E-state index contributed by atoms with van der Waals surface area (Å²) in [6, 6.07) is 5.66. The lowest BCUT2D eigenvalue weighted by Gasteiger charge is -2.50. The van der Waals surface area contributed by atoms with E-state index in [0.717, 1.165) is 6.07 Å². The number of aromatic nitrogens is 2. The first-order chi connectivity index (χ1) is 15.6. The number of aryl methyl sites for hydroxylation is 1. The second kappa shape index (κ2) is 7.48. The molecular formula is C24H20F5N3O. The van der Waals surface area contributed by atoms with E-state index in [-0.39, 0.29) is 34.4 Å². The summed E-state index contributed by atoms with van der Waals surface area (Å²) in [6.45, 7) is 1.49. The zero-order valence-electron chi connectivity index (χ0n) is 17.5. The molecule has 2 aliphatic carbocycles. The molecule has 1 aromatic heterocycles. The van der Waals surface area contributed by atoms with E-state index < -0.39 is 35.4 Å². The van der Waals surface area contributed by atoms with Crippen molar-refractivity contribution in [3.8, 4) is 0 Å². The summed E-state index contributed by atoms with van der Waals surface area (Å²) in [5, 5.41) is 14.1. The van der Waals surface area contributed by atoms with Crippen molar-refractivity contribution in [1.29, 1.82) is 0 Å². The van der Waals surface area contributed by atoms with Crippen LogP contribution in [0.2, 0.25) is 0 Å². The summed E-state index contributed by atoms with van der Waals surface area (Å²) in [7, 11) is 0. The van der Waals surface area contributed by atoms with Gasteiger partial charge in [0.1, 0.15) is 11.3 Å². The number of fused-ring (bicyclic) bond motifs is 4. The van der Waals surface area contributed by atoms with Crippen LogP contribution in [0, 0.1) is 24.5 Å². The van der Waals surface area contributed by atoms with Gasteiger partial charge in [-0.15, -0.1) is 0 Å². The van der Waals surface area contributed by atoms with Crippen molar-refractivity contribution in [2.75, 3.05) is 5.32 Å². The third-order valence-corrected chi connectivity index (χ3v) is 6.63. The lowest BCUT2D eigenvalue weighted by molar-refractivity contribution is -0.281. The van der Waals surface area contributed by atoms with Crippen molar-refractivity contribution in [2.24, 2.45) is 5.92 Å². The number of hydrogen-bond donors (Lipinski definition) is 2. The van der Waals surface area contributed by atoms with Gasteiger partial charge in [0.05, 0.1) is 6.04 Å². The number of hydrogen-bond acceptors (Lipinski definition) is 4. The molecule has 0 saturated carbocycles. The number of nitrogens with zero attached hydrogens (tertiary/aromatic N) is 2. The molecule has 2 N–H and O–H groups in total. The molecule has 0 fully saturated rings. The molecule has 2 aromatic carbocycles. The van der Waals surface area contributed by atoms with Crippen molar-refractivity contribution in [2.45, 2.75) is 44.0 Å². The number of benzene rings is 2. The molecule has 0 bridgehead atoms. The predicted octanol–water partition coefficient (Wildman–Crippen LogP) is 5.86. The number of rotatable bonds is 2. The number of alkyl halides is 3. The molecule has 5 rings (SSSR count). The largest absolute Gasteiger partial charge is 0.420 e. The van der Waals surface area contributed by atoms with Gasteiger partial charge in [-0.3, -0.25) is 0 Å². The van der Waals surface area contributed by atoms with Crippen LogP contribution >= 0.6 is 0 Å². The standard InChI is InChI=1S/C24H20F5N3O/c1-12-30-11-16-19(10-18(25)20(26)21(16)31-12)32-22-15-8-3-2-6-13(15)14-7-4-5-9-17(14)23(22,33)24(27,28)29/h2-3,6-8,10-11,17,22,32-33H,4-5,9H2,1H3. The van der Waals surface area contributed by atoms with Crippen LogP contribution in [0.15, 0.2) is 42.6 Å². The van der Waals surface area contributed by atoms with Gasteiger partial charge in [0.2, 0.25) is 0 Å². The molecule has 0 amide bonds. The molecular weight excluding hydrogens is 441 g/mol. The molecule has 1 heterocycles. The Labute approximate surface area is 186 Å². The number of allylic oxidation sites excluding steroid dienone is 1. The maximum Gasteiger partial charge on any atom is 0.420 e. The van der Waals surface area contributed by atoms with Gasteiger partial charge >= 0.3 is 6.18 Å². The van der Waals surface area contributed by atoms with Crippen molar-refractivity contribution < 1.29 is 27.1 Å². The van der Waals surface area contributed by atoms with E-state index in [4.69, 9.17) is 0 Å². The average molecular weight is 461 g/mol. The first-order valence-corrected chi connectivity index (χ1v) is 10.6. The minimum atomic E-state index is -5.00. The van der Waals surface area contributed by atoms with Crippen molar-refractivity contribution in [3.63, 3.8) is 0 Å². The first kappa shape index (κ1) is 21.8. The van der Waals surface area contributed by atoms with Crippen LogP contribution in [-0.2, 0) is 0 Å². The maximum atomic E-state index is 14.6. The Balaban J connectivity index is 1.75. The van der Waals surface area contributed by atoms with Crippen molar-refractivity contribution in [3.05, 3.63) is 71.2 Å². The monoisotopic (exact) mass is 461 g/mol. The molecule has 3 atom stereocenters. The van der Waals surface area contributed by atoms with Gasteiger partial charge in [0, 0.05) is 29.3 Å². The lowest BCUT2D eigenvalue weighted by atomic mass is 9.62. The normalized spacial score (nSPS) is 24.8. The van der Waals surface area contributed by atoms with E-state index in [2.05, 4.69) is 15.3 Å². The van der Waals surface area contributed by atoms with Crippen molar-refractivity contribution >= 4 is 22.2 Å². The van der Waals surface area contributed by atoms with Gasteiger partial charge < -0.3 is 10.4 Å². The summed E-state index contributed by atoms with van der Waals surface area (Å²) in [5.41, 5.74) is -2.35. The molecule has 3 aromatic rings. The van der Waals surface area contributed by atoms with Gasteiger partial charge in [-0.2, -0.15) is 13.2 Å². The first-order valence-electron chi connectivity index (χ1n) is 10.6. The Hall–Kier alpha value is -3.07. The van der Waals surface area contributed by atoms with Crippen LogP contribution in [0.4, 0.5) is 27.6 Å². The fourth-order valence-electron chi connectivity index (χ4n) is 5.12. The Morgan fingerprint density at radius 2 is 1.94 bits per heavy atom. The fraction of sp³-hybridized carbons (Fsp3) is 0.333. The minimum absolute atomic E-state index is 0.0199. The number of anilines is 1. The summed E-state index contributed by atoms with van der Waals surface area (Å²) < 4.78 is 72.6. The molecule has 3 unspecified atom stereocenters. The molecule has 0 radical (unpaired) electrons. The summed E-state index contributed by atoms with van der Waals surface area (Å²) in [6.07, 6.45) is -0.741. The van der Waals surface area contributed by atoms with Gasteiger partial charge in [-0.1, -0.05) is 30.3 Å². The third-order valence-electron chi connectivity index (χ3n) is 6.63. The molecule has 0 spiro atoms. The number of aliphatic hydroxyl groups is 1. The average Bonchev–Trinajstić information content (AvgIpc) is 2.79. The summed E-state index contributed by atoms with van der Waals surface area (Å²) in [5.74, 6) is -3.49. The molecule has 2 aliphatic rings. The van der Waals surface area contributed by atoms with E-state index in [9.17, 15) is 27.1 Å². The third kappa shape index (κ3) is 3.20. The quantitative estimate of drug-likeness (QED) is 0.470. The minimum Gasteiger partial charge on any atom is -0.378 e. The topological polar surface area (TPSA) is 58.0 Å². The van der Waals surface area contributed by atoms with Gasteiger partial charge in [-0.05, 0) is 42.9 Å². The van der Waals surface area contributed by atoms with Crippen LogP contribution in [0.1, 0.15) is 42.3 Å². The molecule has 0 saturated heterocycles. The van der Waals surface area contributed by atoms with Crippen molar-refractivity contribution in [1.82, 2.24) is 9.97 Å². The van der Waals surface area contributed by atoms with Gasteiger partial charge in [0.15, 0.2) is 17.2 Å². The van der Waals surface area contributed by atoms with Crippen LogP contribution < -0.4 is 5.32 Å². The van der Waals surface area contributed by atoms with Crippen LogP contribution in [0.25, 0.3) is 16.5 Å². The van der Waals surface area contributed by atoms with Crippen LogP contribution in [0.5, 0.6) is 0 Å². The second-order valence-corrected chi connectivity index (χ2v) is 8.53. The number of halogens is 5. The van der Waals surface area contributed by atoms with E-state index in [0.29, 0.717) is 24.0 Å². The molecule has 9 heteroatoms. The van der Waals surface area contributed by atoms with E-state index >= 15 is 0 Å². The van der Waals surface area contributed by atoms with E-state index in [1.165, 1.54) is 19.2 Å². The van der Waals surface area contributed by atoms with E-state index in [1.807, 2.05) is 0 Å². The SMILES string of the molecule is Cc1ncc2c(NC3c4ccccc4C4=CCCCC4C3(O)C(F)(F)F)cc(F)c(F)c2n1. The molecule has 172 valence electrons. The predicted molar refractivity (Wildman–Crippen MR) is 113 cm³/mol. The summed E-state index contributed by atoms with van der Waals surface area (Å²) >= 11 is 0. The Morgan fingerprint density at radius 3 is 2.70 bits per heavy atom. The fourth-order valence-corrected chi connectivity index (χ4v) is 5.12. The zero-order valence-corrected chi connectivity index (χ0v) is 17.5. The smallest absolute Gasteiger partial charge is 0.378 e. The Bertz CT molecular complexity index is 1290. The Morgan fingerprint density at radius 1 is 1.18 bits per heavy atom. The van der Waals surface area contributed by atoms with Crippen LogP contribution in [-0.4, -0.2) is 26.9 Å². The van der Waals surface area contributed by atoms with Crippen LogP contribution in [0.3, 0.4) is 0 Å². The highest BCUT2D eigenvalue weighted by atomic mass is 19.4. The number of nitrogens with one attached hydrogen (secondary N) is 1. The molecule has 4 nitrogen and oxygen atoms in total. The zero-order chi connectivity index (χ0) is 23.5. The highest BCUT2D eigenvalue weighted by Crippen LogP contribution is 2.58. The highest BCUT2D eigenvalue weighted by molar-refractivity contribution is 5.92. The Kier molecular flexibility index (Phi) is 4.93. The summed E-state index contributed by atoms with van der Waals surface area (Å²) in [4.78, 5) is 7.92. The second-order valence-electron chi connectivity index (χ2n) is 8.53. The highest BCUT2D eigenvalue weighted by Gasteiger charge is 2.66. The lowest BCUT2D eigenvalue weighted by Crippen LogP contribution is -2.60. The van der Waals surface area contributed by atoms with E-state index in [1.54, 1.807) is 24.3 Å². The van der Waals surface area contributed by atoms with Gasteiger partial charge in [-0.25, -0.2) is 18.7 Å². The molecule has 33 heavy (non-hydrogen) atoms. The maximum absolute atomic E-state index is 14.6.